The Morgan fingerprint density at radius 2 is 1.93 bits per heavy atom. The molecule has 1 N–H and O–H groups in total. The van der Waals surface area contributed by atoms with Crippen molar-refractivity contribution in [1.29, 1.82) is 0 Å². The lowest BCUT2D eigenvalue weighted by Crippen LogP contribution is -2.43. The molecule has 3 heterocycles. The molecule has 4 rings (SSSR count). The Balaban J connectivity index is 1.27. The van der Waals surface area contributed by atoms with Crippen molar-refractivity contribution in [2.45, 2.75) is 45.1 Å². The van der Waals surface area contributed by atoms with E-state index in [0.29, 0.717) is 12.5 Å². The second kappa shape index (κ2) is 8.17. The fourth-order valence-corrected chi connectivity index (χ4v) is 4.14. The zero-order valence-electron chi connectivity index (χ0n) is 16.1. The minimum Gasteiger partial charge on any atom is -0.466 e. The van der Waals surface area contributed by atoms with E-state index >= 15 is 0 Å². The Morgan fingerprint density at radius 1 is 1.11 bits per heavy atom. The molecule has 0 atom stereocenters. The summed E-state index contributed by atoms with van der Waals surface area (Å²) in [6, 6.07) is 13.1. The molecule has 0 radical (unpaired) electrons. The highest BCUT2D eigenvalue weighted by atomic mass is 16.3. The number of hydrogen-bond acceptors (Lipinski definition) is 4. The predicted octanol–water partition coefficient (Wildman–Crippen LogP) is 3.52. The SMILES string of the molecule is Cc1ccc(CCNC2CCN(c3cccc(N4CCCC4=O)c3)CC2)o1. The van der Waals surface area contributed by atoms with E-state index in [-0.39, 0.29) is 5.91 Å². The standard InChI is InChI=1S/C22H29N3O2/c1-17-7-8-21(27-17)9-12-23-18-10-14-24(15-11-18)19-4-2-5-20(16-19)25-13-3-6-22(25)26/h2,4-5,7-8,16,18,23H,3,6,9-15H2,1H3. The van der Waals surface area contributed by atoms with Gasteiger partial charge in [0.2, 0.25) is 5.91 Å². The molecule has 1 aromatic carbocycles. The lowest BCUT2D eigenvalue weighted by molar-refractivity contribution is -0.117. The van der Waals surface area contributed by atoms with Gasteiger partial charge in [-0.15, -0.1) is 0 Å². The maximum atomic E-state index is 12.0. The average molecular weight is 367 g/mol. The molecule has 0 saturated carbocycles. The minimum absolute atomic E-state index is 0.252. The van der Waals surface area contributed by atoms with Crippen LogP contribution in [-0.4, -0.2) is 38.1 Å². The van der Waals surface area contributed by atoms with Crippen LogP contribution in [0.25, 0.3) is 0 Å². The Bertz CT molecular complexity index is 777. The first kappa shape index (κ1) is 18.1. The van der Waals surface area contributed by atoms with Gasteiger partial charge in [-0.3, -0.25) is 4.79 Å². The van der Waals surface area contributed by atoms with Crippen LogP contribution in [0.1, 0.15) is 37.2 Å². The molecule has 2 fully saturated rings. The molecule has 0 bridgehead atoms. The number of amides is 1. The predicted molar refractivity (Wildman–Crippen MR) is 108 cm³/mol. The topological polar surface area (TPSA) is 48.7 Å². The number of carbonyl (C=O) groups excluding carboxylic acids is 1. The molecule has 2 saturated heterocycles. The second-order valence-corrected chi connectivity index (χ2v) is 7.65. The molecule has 2 aromatic rings. The van der Waals surface area contributed by atoms with E-state index < -0.39 is 0 Å². The van der Waals surface area contributed by atoms with E-state index in [1.54, 1.807) is 0 Å². The molecule has 0 unspecified atom stereocenters. The summed E-state index contributed by atoms with van der Waals surface area (Å²) in [7, 11) is 0. The van der Waals surface area contributed by atoms with Gasteiger partial charge in [0.1, 0.15) is 11.5 Å². The Morgan fingerprint density at radius 3 is 2.63 bits per heavy atom. The Kier molecular flexibility index (Phi) is 5.48. The van der Waals surface area contributed by atoms with Gasteiger partial charge in [0.05, 0.1) is 0 Å². The van der Waals surface area contributed by atoms with Gasteiger partial charge in [0, 0.05) is 56.4 Å². The number of benzene rings is 1. The van der Waals surface area contributed by atoms with Crippen molar-refractivity contribution < 1.29 is 9.21 Å². The van der Waals surface area contributed by atoms with Crippen molar-refractivity contribution in [3.8, 4) is 0 Å². The zero-order chi connectivity index (χ0) is 18.6. The molecule has 27 heavy (non-hydrogen) atoms. The normalized spacial score (nSPS) is 18.5. The van der Waals surface area contributed by atoms with Crippen molar-refractivity contribution in [2.75, 3.05) is 36.0 Å². The number of rotatable bonds is 6. The maximum absolute atomic E-state index is 12.0. The largest absolute Gasteiger partial charge is 0.466 e. The first-order valence-electron chi connectivity index (χ1n) is 10.1. The summed E-state index contributed by atoms with van der Waals surface area (Å²) >= 11 is 0. The summed E-state index contributed by atoms with van der Waals surface area (Å²) in [6.07, 6.45) is 4.88. The zero-order valence-corrected chi connectivity index (χ0v) is 16.1. The number of aryl methyl sites for hydroxylation is 1. The number of hydrogen-bond donors (Lipinski definition) is 1. The van der Waals surface area contributed by atoms with Gasteiger partial charge in [-0.2, -0.15) is 0 Å². The summed E-state index contributed by atoms with van der Waals surface area (Å²) < 4.78 is 5.63. The smallest absolute Gasteiger partial charge is 0.227 e. The fraction of sp³-hybridized carbons (Fsp3) is 0.500. The van der Waals surface area contributed by atoms with Gasteiger partial charge in [-0.05, 0) is 56.5 Å². The van der Waals surface area contributed by atoms with E-state index in [1.807, 2.05) is 17.9 Å². The molecule has 5 nitrogen and oxygen atoms in total. The van der Waals surface area contributed by atoms with Crippen LogP contribution in [0.2, 0.25) is 0 Å². The number of nitrogens with one attached hydrogen (secondary N) is 1. The molecule has 0 aliphatic carbocycles. The van der Waals surface area contributed by atoms with Crippen LogP contribution in [0.3, 0.4) is 0 Å². The molecule has 5 heteroatoms. The summed E-state index contributed by atoms with van der Waals surface area (Å²) in [5.74, 6) is 2.30. The molecule has 1 amide bonds. The van der Waals surface area contributed by atoms with Crippen molar-refractivity contribution in [3.63, 3.8) is 0 Å². The van der Waals surface area contributed by atoms with Gasteiger partial charge in [0.25, 0.3) is 0 Å². The minimum atomic E-state index is 0.252. The van der Waals surface area contributed by atoms with Gasteiger partial charge >= 0.3 is 0 Å². The fourth-order valence-electron chi connectivity index (χ4n) is 4.14. The van der Waals surface area contributed by atoms with E-state index in [2.05, 4.69) is 40.5 Å². The molecular formula is C22H29N3O2. The molecule has 1 aromatic heterocycles. The third-order valence-corrected chi connectivity index (χ3v) is 5.68. The molecule has 0 spiro atoms. The lowest BCUT2D eigenvalue weighted by atomic mass is 10.0. The van der Waals surface area contributed by atoms with Gasteiger partial charge in [0.15, 0.2) is 0 Å². The number of nitrogens with zero attached hydrogens (tertiary/aromatic N) is 2. The van der Waals surface area contributed by atoms with Crippen LogP contribution < -0.4 is 15.1 Å². The molecule has 144 valence electrons. The summed E-state index contributed by atoms with van der Waals surface area (Å²) in [4.78, 5) is 16.4. The van der Waals surface area contributed by atoms with Crippen LogP contribution in [0.4, 0.5) is 11.4 Å². The summed E-state index contributed by atoms with van der Waals surface area (Å²) in [5, 5.41) is 3.67. The Labute approximate surface area is 161 Å². The van der Waals surface area contributed by atoms with E-state index in [0.717, 1.165) is 69.1 Å². The van der Waals surface area contributed by atoms with E-state index in [9.17, 15) is 4.79 Å². The van der Waals surface area contributed by atoms with Gasteiger partial charge in [-0.25, -0.2) is 0 Å². The summed E-state index contributed by atoms with van der Waals surface area (Å²) in [6.45, 7) is 5.90. The highest BCUT2D eigenvalue weighted by Crippen LogP contribution is 2.27. The first-order valence-corrected chi connectivity index (χ1v) is 10.1. The second-order valence-electron chi connectivity index (χ2n) is 7.65. The van der Waals surface area contributed by atoms with Gasteiger partial charge < -0.3 is 19.5 Å². The highest BCUT2D eigenvalue weighted by molar-refractivity contribution is 5.95. The van der Waals surface area contributed by atoms with Crippen molar-refractivity contribution >= 4 is 17.3 Å². The van der Waals surface area contributed by atoms with Gasteiger partial charge in [-0.1, -0.05) is 6.07 Å². The monoisotopic (exact) mass is 367 g/mol. The molecule has 2 aliphatic rings. The van der Waals surface area contributed by atoms with Crippen LogP contribution in [0.5, 0.6) is 0 Å². The molecular weight excluding hydrogens is 338 g/mol. The third kappa shape index (κ3) is 4.35. The summed E-state index contributed by atoms with van der Waals surface area (Å²) in [5.41, 5.74) is 2.28. The first-order chi connectivity index (χ1) is 13.2. The number of carbonyl (C=O) groups is 1. The van der Waals surface area contributed by atoms with E-state index in [4.69, 9.17) is 4.42 Å². The van der Waals surface area contributed by atoms with E-state index in [1.165, 1.54) is 5.69 Å². The van der Waals surface area contributed by atoms with Crippen LogP contribution in [0.15, 0.2) is 40.8 Å². The van der Waals surface area contributed by atoms with Crippen molar-refractivity contribution in [1.82, 2.24) is 5.32 Å². The quantitative estimate of drug-likeness (QED) is 0.849. The van der Waals surface area contributed by atoms with Crippen LogP contribution in [-0.2, 0) is 11.2 Å². The average Bonchev–Trinajstić information content (AvgIpc) is 3.30. The van der Waals surface area contributed by atoms with Crippen LogP contribution in [0, 0.1) is 6.92 Å². The maximum Gasteiger partial charge on any atom is 0.227 e. The Hall–Kier alpha value is -2.27. The van der Waals surface area contributed by atoms with Crippen molar-refractivity contribution in [3.05, 3.63) is 47.9 Å². The lowest BCUT2D eigenvalue weighted by Gasteiger charge is -2.34. The molecule has 2 aliphatic heterocycles. The van der Waals surface area contributed by atoms with Crippen molar-refractivity contribution in [2.24, 2.45) is 0 Å². The number of piperidine rings is 1. The number of anilines is 2. The highest BCUT2D eigenvalue weighted by Gasteiger charge is 2.23. The number of furan rings is 1. The van der Waals surface area contributed by atoms with Crippen LogP contribution >= 0.6 is 0 Å². The third-order valence-electron chi connectivity index (χ3n) is 5.68.